The normalized spacial score (nSPS) is 19.8. The fraction of sp³-hybridized carbons (Fsp3) is 0.467. The van der Waals surface area contributed by atoms with Gasteiger partial charge >= 0.3 is 0 Å². The van der Waals surface area contributed by atoms with Gasteiger partial charge in [0, 0.05) is 31.1 Å². The van der Waals surface area contributed by atoms with Crippen LogP contribution < -0.4 is 10.6 Å². The van der Waals surface area contributed by atoms with E-state index in [1.54, 1.807) is 0 Å². The topological polar surface area (TPSA) is 49.0 Å². The van der Waals surface area contributed by atoms with Crippen LogP contribution >= 0.6 is 0 Å². The van der Waals surface area contributed by atoms with Crippen molar-refractivity contribution in [2.45, 2.75) is 13.0 Å². The summed E-state index contributed by atoms with van der Waals surface area (Å²) in [4.78, 5) is 13.6. The van der Waals surface area contributed by atoms with E-state index in [4.69, 9.17) is 0 Å². The molecule has 1 aromatic rings. The minimum absolute atomic E-state index is 0.133. The Morgan fingerprint density at radius 3 is 2.79 bits per heavy atom. The molecule has 1 heterocycles. The highest BCUT2D eigenvalue weighted by atomic mass is 16.2. The van der Waals surface area contributed by atoms with E-state index in [1.807, 2.05) is 11.4 Å². The van der Waals surface area contributed by atoms with Crippen LogP contribution in [-0.4, -0.2) is 37.0 Å². The van der Waals surface area contributed by atoms with Crippen molar-refractivity contribution in [1.82, 2.24) is 10.2 Å². The second-order valence-electron chi connectivity index (χ2n) is 5.23. The highest BCUT2D eigenvalue weighted by molar-refractivity contribution is 5.78. The van der Waals surface area contributed by atoms with E-state index < -0.39 is 0 Å². The van der Waals surface area contributed by atoms with Crippen LogP contribution in [0.1, 0.15) is 18.5 Å². The van der Waals surface area contributed by atoms with Crippen LogP contribution in [-0.2, 0) is 4.79 Å². The quantitative estimate of drug-likeness (QED) is 0.741. The molecule has 4 heteroatoms. The maximum absolute atomic E-state index is 11.4. The lowest BCUT2D eigenvalue weighted by Gasteiger charge is -2.32. The van der Waals surface area contributed by atoms with E-state index in [2.05, 4.69) is 48.5 Å². The molecular formula is C15H23N3O. The first-order valence-electron chi connectivity index (χ1n) is 6.87. The number of quaternary nitrogens is 1. The third-order valence-electron chi connectivity index (χ3n) is 3.72. The van der Waals surface area contributed by atoms with Crippen LogP contribution in [0.5, 0.6) is 0 Å². The van der Waals surface area contributed by atoms with Crippen molar-refractivity contribution in [3.8, 4) is 0 Å². The molecule has 0 spiro atoms. The van der Waals surface area contributed by atoms with Crippen molar-refractivity contribution >= 4 is 5.91 Å². The SMILES string of the molecule is [CH2-][NH2+][C@@H](c1ccccc1)[C@@H](C)CN1CCNC(=O)C1. The molecule has 0 aliphatic carbocycles. The van der Waals surface area contributed by atoms with E-state index in [0.29, 0.717) is 18.5 Å². The molecule has 1 aromatic carbocycles. The Kier molecular flexibility index (Phi) is 4.93. The molecule has 0 bridgehead atoms. The van der Waals surface area contributed by atoms with Crippen molar-refractivity contribution in [3.05, 3.63) is 42.9 Å². The average Bonchev–Trinajstić information content (AvgIpc) is 2.41. The van der Waals surface area contributed by atoms with Gasteiger partial charge in [0.2, 0.25) is 5.91 Å². The number of hydrogen-bond acceptors (Lipinski definition) is 2. The van der Waals surface area contributed by atoms with Gasteiger partial charge in [0.05, 0.1) is 12.6 Å². The first kappa shape index (κ1) is 14.0. The highest BCUT2D eigenvalue weighted by Crippen LogP contribution is 2.19. The monoisotopic (exact) mass is 261 g/mol. The molecule has 1 fully saturated rings. The summed E-state index contributed by atoms with van der Waals surface area (Å²) < 4.78 is 0. The third-order valence-corrected chi connectivity index (χ3v) is 3.72. The molecule has 1 saturated heterocycles. The number of nitrogens with one attached hydrogen (secondary N) is 1. The summed E-state index contributed by atoms with van der Waals surface area (Å²) in [7, 11) is 3.97. The lowest BCUT2D eigenvalue weighted by atomic mass is 9.94. The van der Waals surface area contributed by atoms with Gasteiger partial charge in [0.1, 0.15) is 0 Å². The van der Waals surface area contributed by atoms with E-state index >= 15 is 0 Å². The molecule has 1 aliphatic heterocycles. The van der Waals surface area contributed by atoms with E-state index in [9.17, 15) is 4.79 Å². The Morgan fingerprint density at radius 1 is 1.42 bits per heavy atom. The van der Waals surface area contributed by atoms with Gasteiger partial charge in [-0.2, -0.15) is 7.05 Å². The molecule has 104 valence electrons. The van der Waals surface area contributed by atoms with Crippen LogP contribution in [0.2, 0.25) is 0 Å². The summed E-state index contributed by atoms with van der Waals surface area (Å²) in [5, 5.41) is 4.88. The Bertz CT molecular complexity index is 407. The molecule has 0 unspecified atom stereocenters. The second-order valence-corrected chi connectivity index (χ2v) is 5.23. The average molecular weight is 261 g/mol. The van der Waals surface area contributed by atoms with Crippen LogP contribution in [0, 0.1) is 13.0 Å². The smallest absolute Gasteiger partial charge is 0.234 e. The Labute approximate surface area is 115 Å². The van der Waals surface area contributed by atoms with Gasteiger partial charge in [-0.3, -0.25) is 9.69 Å². The summed E-state index contributed by atoms with van der Waals surface area (Å²) in [6, 6.07) is 10.8. The van der Waals surface area contributed by atoms with E-state index in [1.165, 1.54) is 5.56 Å². The largest absolute Gasteiger partial charge is 0.472 e. The number of carbonyl (C=O) groups excluding carboxylic acids is 1. The minimum atomic E-state index is 0.133. The number of hydrogen-bond donors (Lipinski definition) is 2. The molecule has 4 nitrogen and oxygen atoms in total. The third kappa shape index (κ3) is 3.78. The Morgan fingerprint density at radius 2 is 2.16 bits per heavy atom. The Balaban J connectivity index is 1.97. The molecule has 1 amide bonds. The van der Waals surface area contributed by atoms with Crippen molar-refractivity contribution in [2.75, 3.05) is 26.2 Å². The van der Waals surface area contributed by atoms with Crippen molar-refractivity contribution < 1.29 is 10.1 Å². The Hall–Kier alpha value is -1.39. The highest BCUT2D eigenvalue weighted by Gasteiger charge is 2.24. The summed E-state index contributed by atoms with van der Waals surface area (Å²) >= 11 is 0. The van der Waals surface area contributed by atoms with Crippen LogP contribution in [0.25, 0.3) is 0 Å². The maximum atomic E-state index is 11.4. The minimum Gasteiger partial charge on any atom is -0.472 e. The van der Waals surface area contributed by atoms with E-state index in [-0.39, 0.29) is 5.91 Å². The molecule has 19 heavy (non-hydrogen) atoms. The van der Waals surface area contributed by atoms with Crippen LogP contribution in [0.3, 0.4) is 0 Å². The summed E-state index contributed by atoms with van der Waals surface area (Å²) in [5.74, 6) is 0.583. The zero-order chi connectivity index (χ0) is 13.7. The molecule has 2 atom stereocenters. The first-order valence-corrected chi connectivity index (χ1v) is 6.87. The number of rotatable bonds is 5. The standard InChI is InChI=1S/C15H23N3O/c1-12(10-18-9-8-17-14(19)11-18)15(16-2)13-6-4-3-5-7-13/h3-7,12,15H,2,8-11,16H2,1H3,(H,17,19)/t12-,15+/m0/s1. The molecular weight excluding hydrogens is 238 g/mol. The second kappa shape index (κ2) is 6.68. The molecule has 1 aliphatic rings. The first-order chi connectivity index (χ1) is 9.20. The van der Waals surface area contributed by atoms with Crippen LogP contribution in [0.4, 0.5) is 0 Å². The van der Waals surface area contributed by atoms with Gasteiger partial charge in [0.25, 0.3) is 0 Å². The van der Waals surface area contributed by atoms with Crippen molar-refractivity contribution in [3.63, 3.8) is 0 Å². The number of carbonyl (C=O) groups is 1. The predicted molar refractivity (Wildman–Crippen MR) is 75.1 cm³/mol. The van der Waals surface area contributed by atoms with Gasteiger partial charge < -0.3 is 10.6 Å². The zero-order valence-corrected chi connectivity index (χ0v) is 11.5. The number of nitrogens with two attached hydrogens (primary N) is 1. The van der Waals surface area contributed by atoms with Gasteiger partial charge in [0.15, 0.2) is 0 Å². The molecule has 3 N–H and O–H groups in total. The molecule has 0 radical (unpaired) electrons. The number of amides is 1. The van der Waals surface area contributed by atoms with Crippen molar-refractivity contribution in [1.29, 1.82) is 0 Å². The van der Waals surface area contributed by atoms with Gasteiger partial charge in [-0.15, -0.1) is 0 Å². The molecule has 2 rings (SSSR count). The lowest BCUT2D eigenvalue weighted by Crippen LogP contribution is -2.80. The maximum Gasteiger partial charge on any atom is 0.234 e. The molecule has 0 aromatic heterocycles. The number of nitrogens with zero attached hydrogens (tertiary/aromatic N) is 1. The van der Waals surface area contributed by atoms with E-state index in [0.717, 1.165) is 19.6 Å². The fourth-order valence-electron chi connectivity index (χ4n) is 2.74. The lowest BCUT2D eigenvalue weighted by molar-refractivity contribution is -0.648. The fourth-order valence-corrected chi connectivity index (χ4v) is 2.74. The zero-order valence-electron chi connectivity index (χ0n) is 11.5. The van der Waals surface area contributed by atoms with Gasteiger partial charge in [-0.25, -0.2) is 0 Å². The predicted octanol–water partition coefficient (Wildman–Crippen LogP) is 0.151. The molecule has 0 saturated carbocycles. The number of benzene rings is 1. The summed E-state index contributed by atoms with van der Waals surface area (Å²) in [5.41, 5.74) is 1.30. The van der Waals surface area contributed by atoms with Gasteiger partial charge in [-0.05, 0) is 0 Å². The number of piperazine rings is 1. The van der Waals surface area contributed by atoms with Crippen LogP contribution in [0.15, 0.2) is 30.3 Å². The van der Waals surface area contributed by atoms with Gasteiger partial charge in [-0.1, -0.05) is 37.3 Å². The van der Waals surface area contributed by atoms with Crippen molar-refractivity contribution in [2.24, 2.45) is 5.92 Å². The summed E-state index contributed by atoms with van der Waals surface area (Å²) in [6.07, 6.45) is 0. The summed E-state index contributed by atoms with van der Waals surface area (Å²) in [6.45, 7) is 5.37.